The predicted molar refractivity (Wildman–Crippen MR) is 332 cm³/mol. The van der Waals surface area contributed by atoms with Gasteiger partial charge in [-0.3, -0.25) is 9.59 Å². The second-order valence-corrected chi connectivity index (χ2v) is 20.9. The van der Waals surface area contributed by atoms with E-state index in [4.69, 9.17) is 23.0 Å². The van der Waals surface area contributed by atoms with E-state index < -0.39 is 11.9 Å². The molecule has 0 bridgehead atoms. The Morgan fingerprint density at radius 1 is 0.429 bits per heavy atom. The summed E-state index contributed by atoms with van der Waals surface area (Å²) in [6.45, 7) is 6.18. The van der Waals surface area contributed by atoms with E-state index in [0.29, 0.717) is 11.8 Å². The lowest BCUT2D eigenvalue weighted by molar-refractivity contribution is -0.138. The molecule has 12 nitrogen and oxygen atoms in total. The molecule has 10 rings (SSSR count). The van der Waals surface area contributed by atoms with Gasteiger partial charge in [-0.1, -0.05) is 166 Å². The van der Waals surface area contributed by atoms with E-state index in [9.17, 15) is 24.9 Å². The normalized spacial score (nSPS) is 12.0. The molecule has 0 aliphatic rings. The zero-order valence-corrected chi connectivity index (χ0v) is 49.7. The number of oxazole rings is 2. The zero-order valence-electron chi connectivity index (χ0n) is 48.1. The van der Waals surface area contributed by atoms with Gasteiger partial charge in [-0.15, -0.1) is 0 Å². The van der Waals surface area contributed by atoms with E-state index in [-0.39, 0.29) is 35.0 Å². The number of halogens is 1. The van der Waals surface area contributed by atoms with Gasteiger partial charge in [-0.25, -0.2) is 9.97 Å². The van der Waals surface area contributed by atoms with Crippen molar-refractivity contribution in [2.45, 2.75) is 70.1 Å². The number of phenolic OH excluding ortho intramolecular Hbond substituents is 2. The number of ether oxygens (including phenoxy) is 3. The number of methoxy groups -OCH3 is 3. The number of rotatable bonds is 20. The maximum atomic E-state index is 12.3. The number of hydrogen-bond donors (Lipinski definition) is 3. The molecule has 432 valence electrons. The highest BCUT2D eigenvalue weighted by Gasteiger charge is 2.23. The maximum absolute atomic E-state index is 12.3. The number of ketones is 1. The number of alkyl halides is 1. The summed E-state index contributed by atoms with van der Waals surface area (Å²) in [5.74, 6) is 1.81. The SMILES string of the molecule is COc1ccc(C(Cc2ccc(C)cc2)C(=O)CBr)cc1.COc1ccc(C(Cc2ccc(C)cc2)C(=O)O)cc1.COc1ccc(C(Cc2ccc(C)cc2)c2cocn2)cc1.Oc1ccc(CC(c2ccc(O)cc2)c2cocn2)cc1. The first-order valence-corrected chi connectivity index (χ1v) is 28.6. The van der Waals surface area contributed by atoms with Gasteiger partial charge in [0.05, 0.1) is 44.0 Å². The number of carbonyl (C=O) groups is 2. The van der Waals surface area contributed by atoms with Crippen molar-refractivity contribution in [3.8, 4) is 28.7 Å². The van der Waals surface area contributed by atoms with Crippen LogP contribution in [0.15, 0.2) is 228 Å². The molecule has 13 heteroatoms. The lowest BCUT2D eigenvalue weighted by atomic mass is 9.89. The number of aromatic nitrogens is 2. The number of carboxylic acids is 1. The molecule has 8 aromatic carbocycles. The molecule has 0 amide bonds. The molecule has 0 fully saturated rings. The van der Waals surface area contributed by atoms with Crippen LogP contribution in [0.2, 0.25) is 0 Å². The van der Waals surface area contributed by atoms with E-state index in [1.54, 1.807) is 70.3 Å². The Morgan fingerprint density at radius 3 is 1.05 bits per heavy atom. The second kappa shape index (κ2) is 31.9. The molecule has 0 saturated carbocycles. The molecule has 0 spiro atoms. The summed E-state index contributed by atoms with van der Waals surface area (Å²) in [5.41, 5.74) is 14.1. The molecular formula is C71H71BrN2O10. The van der Waals surface area contributed by atoms with Crippen molar-refractivity contribution in [1.82, 2.24) is 9.97 Å². The lowest BCUT2D eigenvalue weighted by Crippen LogP contribution is -2.16. The first kappa shape index (κ1) is 62.4. The van der Waals surface area contributed by atoms with Crippen LogP contribution in [0.1, 0.15) is 96.3 Å². The summed E-state index contributed by atoms with van der Waals surface area (Å²) >= 11 is 3.29. The van der Waals surface area contributed by atoms with Crippen LogP contribution in [0.3, 0.4) is 0 Å². The number of aromatic hydroxyl groups is 2. The Labute approximate surface area is 500 Å². The molecule has 4 unspecified atom stereocenters. The molecule has 4 atom stereocenters. The predicted octanol–water partition coefficient (Wildman–Crippen LogP) is 15.5. The van der Waals surface area contributed by atoms with Gasteiger partial charge in [0.15, 0.2) is 18.6 Å². The summed E-state index contributed by atoms with van der Waals surface area (Å²) in [4.78, 5) is 32.4. The fraction of sp³-hybridized carbons (Fsp3) is 0.211. The van der Waals surface area contributed by atoms with Crippen molar-refractivity contribution in [3.05, 3.63) is 292 Å². The third-order valence-electron chi connectivity index (χ3n) is 14.3. The van der Waals surface area contributed by atoms with Gasteiger partial charge < -0.3 is 38.4 Å². The van der Waals surface area contributed by atoms with Crippen molar-refractivity contribution < 1.29 is 48.0 Å². The summed E-state index contributed by atoms with van der Waals surface area (Å²) in [7, 11) is 4.91. The average molecular weight is 1190 g/mol. The van der Waals surface area contributed by atoms with Gasteiger partial charge in [0.2, 0.25) is 0 Å². The van der Waals surface area contributed by atoms with Gasteiger partial charge in [-0.2, -0.15) is 0 Å². The van der Waals surface area contributed by atoms with Gasteiger partial charge >= 0.3 is 5.97 Å². The quantitative estimate of drug-likeness (QED) is 0.0617. The number of carboxylic acid groups (broad SMARTS) is 1. The van der Waals surface area contributed by atoms with Crippen molar-refractivity contribution in [3.63, 3.8) is 0 Å². The van der Waals surface area contributed by atoms with Crippen LogP contribution in [0.4, 0.5) is 0 Å². The molecule has 10 aromatic rings. The Balaban J connectivity index is 0.000000161. The zero-order chi connectivity index (χ0) is 59.8. The molecule has 2 aromatic heterocycles. The number of hydrogen-bond acceptors (Lipinski definition) is 11. The van der Waals surface area contributed by atoms with Crippen LogP contribution < -0.4 is 14.2 Å². The number of aryl methyl sites for hydroxylation is 3. The van der Waals surface area contributed by atoms with Gasteiger partial charge in [-0.05, 0) is 152 Å². The lowest BCUT2D eigenvalue weighted by Gasteiger charge is -2.16. The average Bonchev–Trinajstić information content (AvgIpc) is 4.33. The summed E-state index contributed by atoms with van der Waals surface area (Å²) < 4.78 is 25.8. The van der Waals surface area contributed by atoms with Gasteiger partial charge in [0.25, 0.3) is 0 Å². The van der Waals surface area contributed by atoms with Crippen LogP contribution in [0.5, 0.6) is 28.7 Å². The smallest absolute Gasteiger partial charge is 0.311 e. The number of carbonyl (C=O) groups excluding carboxylic acids is 1. The van der Waals surface area contributed by atoms with Crippen molar-refractivity contribution in [2.24, 2.45) is 0 Å². The third kappa shape index (κ3) is 18.9. The standard InChI is InChI=1S/C19H19NO2.C18H19BrO2.C17H15NO3.C17H18O3/c1-14-3-5-15(6-4-14)11-18(19-12-22-13-20-19)16-7-9-17(21-2)10-8-16;1-13-3-5-14(6-4-13)11-17(18(20)12-19)15-7-9-16(21-2)10-8-15;19-14-5-1-12(2-6-14)9-16(17-10-21-11-18-17)13-3-7-15(20)8-4-13;1-12-3-5-13(6-4-12)11-16(17(18)19)14-7-9-15(20-2)10-8-14/h3-10,12-13,18H,11H2,1-2H3;3-10,17H,11-12H2,1-2H3;1-8,10-11,16,19-20H,9H2;3-10,16H,11H2,1-2H3,(H,18,19). The second-order valence-electron chi connectivity index (χ2n) is 20.3. The number of nitrogens with zero attached hydrogens (tertiary/aromatic N) is 2. The topological polar surface area (TPSA) is 175 Å². The minimum atomic E-state index is -0.809. The number of benzene rings is 8. The van der Waals surface area contributed by atoms with E-state index in [0.717, 1.165) is 75.7 Å². The highest BCUT2D eigenvalue weighted by molar-refractivity contribution is 9.09. The van der Waals surface area contributed by atoms with Crippen LogP contribution in [0.25, 0.3) is 0 Å². The third-order valence-corrected chi connectivity index (χ3v) is 14.9. The summed E-state index contributed by atoms with van der Waals surface area (Å²) in [6, 6.07) is 62.3. The van der Waals surface area contributed by atoms with E-state index in [1.807, 2.05) is 104 Å². The Bertz CT molecular complexity index is 3500. The van der Waals surface area contributed by atoms with Crippen LogP contribution in [0, 0.1) is 20.8 Å². The molecule has 84 heavy (non-hydrogen) atoms. The van der Waals surface area contributed by atoms with Gasteiger partial charge in [0, 0.05) is 17.8 Å². The first-order chi connectivity index (χ1) is 40.7. The van der Waals surface area contributed by atoms with E-state index in [1.165, 1.54) is 46.2 Å². The van der Waals surface area contributed by atoms with Crippen LogP contribution in [-0.2, 0) is 35.3 Å². The molecule has 3 N–H and O–H groups in total. The maximum Gasteiger partial charge on any atom is 0.311 e. The minimum Gasteiger partial charge on any atom is -0.508 e. The van der Waals surface area contributed by atoms with Crippen LogP contribution in [-0.4, -0.2) is 63.7 Å². The fourth-order valence-corrected chi connectivity index (χ4v) is 9.79. The Morgan fingerprint density at radius 2 is 0.726 bits per heavy atom. The minimum absolute atomic E-state index is 0.0360. The number of aliphatic carboxylic acids is 1. The molecular weight excluding hydrogens is 1120 g/mol. The van der Waals surface area contributed by atoms with Crippen LogP contribution >= 0.6 is 15.9 Å². The molecule has 0 aliphatic heterocycles. The molecule has 2 heterocycles. The Kier molecular flexibility index (Phi) is 23.7. The highest BCUT2D eigenvalue weighted by atomic mass is 79.9. The van der Waals surface area contributed by atoms with Crippen molar-refractivity contribution in [2.75, 3.05) is 26.7 Å². The Hall–Kier alpha value is -9.20. The summed E-state index contributed by atoms with van der Waals surface area (Å²) in [5, 5.41) is 28.6. The molecule has 0 radical (unpaired) electrons. The molecule has 0 aliphatic carbocycles. The fourth-order valence-electron chi connectivity index (χ4n) is 9.40. The first-order valence-electron chi connectivity index (χ1n) is 27.4. The number of Topliss-reactive ketones (excluding diaryl/α,β-unsaturated/α-hetero) is 1. The van der Waals surface area contributed by atoms with Crippen molar-refractivity contribution >= 4 is 27.7 Å². The van der Waals surface area contributed by atoms with E-state index >= 15 is 0 Å². The summed E-state index contributed by atoms with van der Waals surface area (Å²) in [6.07, 6.45) is 9.09. The largest absolute Gasteiger partial charge is 0.508 e. The molecule has 0 saturated heterocycles. The monoisotopic (exact) mass is 1190 g/mol. The number of phenols is 2. The van der Waals surface area contributed by atoms with E-state index in [2.05, 4.69) is 100 Å². The van der Waals surface area contributed by atoms with Crippen molar-refractivity contribution in [1.29, 1.82) is 0 Å². The van der Waals surface area contributed by atoms with Gasteiger partial charge in [0.1, 0.15) is 41.3 Å². The highest BCUT2D eigenvalue weighted by Crippen LogP contribution is 2.32.